The van der Waals surface area contributed by atoms with Gasteiger partial charge < -0.3 is 0 Å². The first kappa shape index (κ1) is 11.8. The van der Waals surface area contributed by atoms with Crippen molar-refractivity contribution in [3.63, 3.8) is 0 Å². The van der Waals surface area contributed by atoms with Crippen LogP contribution in [-0.4, -0.2) is 38.4 Å². The van der Waals surface area contributed by atoms with Gasteiger partial charge in [0.15, 0.2) is 0 Å². The molecular formula is C3H5LiO4S. The van der Waals surface area contributed by atoms with Crippen molar-refractivity contribution in [1.29, 1.82) is 0 Å². The third kappa shape index (κ3) is 11.5. The van der Waals surface area contributed by atoms with Gasteiger partial charge in [-0.05, 0) is 0 Å². The number of hydrogen-bond acceptors (Lipinski definition) is 3. The van der Waals surface area contributed by atoms with Gasteiger partial charge in [0.1, 0.15) is 6.61 Å². The molecule has 0 radical (unpaired) electrons. The molecule has 0 aromatic carbocycles. The van der Waals surface area contributed by atoms with Crippen molar-refractivity contribution in [2.24, 2.45) is 0 Å². The van der Waals surface area contributed by atoms with Crippen LogP contribution in [0.5, 0.6) is 0 Å². The maximum absolute atomic E-state index is 9.63. The SMILES string of the molecule is C#CCOS(=O)(=O)O.[LiH]. The van der Waals surface area contributed by atoms with E-state index in [0.29, 0.717) is 0 Å². The molecule has 0 aliphatic heterocycles. The fourth-order valence-corrected chi connectivity index (χ4v) is 0.325. The van der Waals surface area contributed by atoms with Crippen LogP contribution < -0.4 is 0 Å². The molecule has 0 heterocycles. The zero-order chi connectivity index (χ0) is 6.62. The molecule has 1 N–H and O–H groups in total. The summed E-state index contributed by atoms with van der Waals surface area (Å²) in [6, 6.07) is 0. The molecule has 0 rings (SSSR count). The van der Waals surface area contributed by atoms with Crippen LogP contribution in [-0.2, 0) is 14.6 Å². The normalized spacial score (nSPS) is 9.33. The van der Waals surface area contributed by atoms with Gasteiger partial charge in [-0.3, -0.25) is 4.55 Å². The summed E-state index contributed by atoms with van der Waals surface area (Å²) in [5.74, 6) is 1.86. The minimum absolute atomic E-state index is 0. The van der Waals surface area contributed by atoms with E-state index in [1.165, 1.54) is 0 Å². The molecule has 0 spiro atoms. The predicted molar refractivity (Wildman–Crippen MR) is 33.5 cm³/mol. The number of terminal acetylenes is 1. The summed E-state index contributed by atoms with van der Waals surface area (Å²) in [5, 5.41) is 0. The van der Waals surface area contributed by atoms with E-state index in [4.69, 9.17) is 4.55 Å². The maximum atomic E-state index is 9.63. The predicted octanol–water partition coefficient (Wildman–Crippen LogP) is -1.21. The van der Waals surface area contributed by atoms with Crippen molar-refractivity contribution in [3.8, 4) is 12.3 Å². The molecule has 0 saturated heterocycles. The Morgan fingerprint density at radius 2 is 2.11 bits per heavy atom. The van der Waals surface area contributed by atoms with Crippen LogP contribution in [0, 0.1) is 12.3 Å². The summed E-state index contributed by atoms with van der Waals surface area (Å²) in [6.45, 7) is -0.432. The van der Waals surface area contributed by atoms with Crippen molar-refractivity contribution >= 4 is 29.3 Å². The molecular weight excluding hydrogens is 139 g/mol. The summed E-state index contributed by atoms with van der Waals surface area (Å²) in [5.41, 5.74) is 0. The van der Waals surface area contributed by atoms with Gasteiger partial charge in [-0.1, -0.05) is 5.92 Å². The van der Waals surface area contributed by atoms with Gasteiger partial charge in [-0.25, -0.2) is 4.18 Å². The van der Waals surface area contributed by atoms with Gasteiger partial charge in [-0.2, -0.15) is 8.42 Å². The molecule has 9 heavy (non-hydrogen) atoms. The van der Waals surface area contributed by atoms with E-state index in [0.717, 1.165) is 0 Å². The van der Waals surface area contributed by atoms with Crippen molar-refractivity contribution in [2.45, 2.75) is 0 Å². The second-order valence-electron chi connectivity index (χ2n) is 0.894. The molecule has 0 atom stereocenters. The van der Waals surface area contributed by atoms with Gasteiger partial charge >= 0.3 is 29.3 Å². The van der Waals surface area contributed by atoms with Gasteiger partial charge in [-0.15, -0.1) is 6.42 Å². The Labute approximate surface area is 65.7 Å². The fourth-order valence-electron chi connectivity index (χ4n) is 0.108. The summed E-state index contributed by atoms with van der Waals surface area (Å²) in [6.07, 6.45) is 4.59. The zero-order valence-corrected chi connectivity index (χ0v) is 4.68. The fraction of sp³-hybridized carbons (Fsp3) is 0.333. The van der Waals surface area contributed by atoms with Gasteiger partial charge in [0.05, 0.1) is 0 Å². The molecule has 0 amide bonds. The first-order valence-electron chi connectivity index (χ1n) is 1.61. The van der Waals surface area contributed by atoms with Crippen LogP contribution >= 0.6 is 0 Å². The minimum atomic E-state index is -4.33. The summed E-state index contributed by atoms with van der Waals surface area (Å²) < 4.78 is 30.7. The van der Waals surface area contributed by atoms with Gasteiger partial charge in [0, 0.05) is 0 Å². The zero-order valence-electron chi connectivity index (χ0n) is 3.86. The molecule has 0 aliphatic rings. The first-order chi connectivity index (χ1) is 3.56. The Balaban J connectivity index is 0. The molecule has 0 fully saturated rings. The Morgan fingerprint density at radius 1 is 1.67 bits per heavy atom. The van der Waals surface area contributed by atoms with E-state index >= 15 is 0 Å². The molecule has 6 heteroatoms. The molecule has 0 aliphatic carbocycles. The Bertz CT molecular complexity index is 188. The topological polar surface area (TPSA) is 63.6 Å². The summed E-state index contributed by atoms with van der Waals surface area (Å²) in [7, 11) is -4.33. The molecule has 0 unspecified atom stereocenters. The standard InChI is InChI=1S/C3H4O4S.Li.H/c1-2-3-7-8(4,5)6;;/h1H,3H2,(H,4,5,6);;. The van der Waals surface area contributed by atoms with Crippen LogP contribution in [0.15, 0.2) is 0 Å². The van der Waals surface area contributed by atoms with Crippen molar-refractivity contribution in [1.82, 2.24) is 0 Å². The average Bonchev–Trinajstić information content (AvgIpc) is 1.59. The van der Waals surface area contributed by atoms with Gasteiger partial charge in [0.25, 0.3) is 0 Å². The monoisotopic (exact) mass is 144 g/mol. The van der Waals surface area contributed by atoms with E-state index in [9.17, 15) is 8.42 Å². The second-order valence-corrected chi connectivity index (χ2v) is 1.99. The van der Waals surface area contributed by atoms with Crippen LogP contribution in [0.3, 0.4) is 0 Å². The molecule has 0 bridgehead atoms. The average molecular weight is 144 g/mol. The van der Waals surface area contributed by atoms with Crippen LogP contribution in [0.4, 0.5) is 0 Å². The number of rotatable bonds is 2. The van der Waals surface area contributed by atoms with E-state index in [1.807, 2.05) is 5.92 Å². The molecule has 0 saturated carbocycles. The summed E-state index contributed by atoms with van der Waals surface area (Å²) >= 11 is 0. The quantitative estimate of drug-likeness (QED) is 0.300. The third-order valence-electron chi connectivity index (χ3n) is 0.291. The van der Waals surface area contributed by atoms with E-state index < -0.39 is 17.0 Å². The van der Waals surface area contributed by atoms with Crippen LogP contribution in [0.25, 0.3) is 0 Å². The van der Waals surface area contributed by atoms with E-state index in [1.54, 1.807) is 0 Å². The van der Waals surface area contributed by atoms with Crippen molar-refractivity contribution in [2.75, 3.05) is 6.61 Å². The Kier molecular flexibility index (Phi) is 6.37. The molecule has 48 valence electrons. The van der Waals surface area contributed by atoms with Crippen molar-refractivity contribution in [3.05, 3.63) is 0 Å². The van der Waals surface area contributed by atoms with Crippen molar-refractivity contribution < 1.29 is 17.2 Å². The molecule has 0 aromatic heterocycles. The summed E-state index contributed by atoms with van der Waals surface area (Å²) in [4.78, 5) is 0. The number of hydrogen-bond donors (Lipinski definition) is 1. The van der Waals surface area contributed by atoms with E-state index in [-0.39, 0.29) is 18.9 Å². The first-order valence-corrected chi connectivity index (χ1v) is 2.98. The van der Waals surface area contributed by atoms with E-state index in [2.05, 4.69) is 10.6 Å². The van der Waals surface area contributed by atoms with Crippen LogP contribution in [0.2, 0.25) is 0 Å². The van der Waals surface area contributed by atoms with Gasteiger partial charge in [0.2, 0.25) is 0 Å². The van der Waals surface area contributed by atoms with Crippen LogP contribution in [0.1, 0.15) is 0 Å². The molecule has 4 nitrogen and oxygen atoms in total. The second kappa shape index (κ2) is 4.86. The molecule has 0 aromatic rings. The Morgan fingerprint density at radius 3 is 2.22 bits per heavy atom. The Hall–Kier alpha value is 0.0274. The third-order valence-corrected chi connectivity index (χ3v) is 0.707.